The first kappa shape index (κ1) is 17.7. The van der Waals surface area contributed by atoms with E-state index in [1.165, 1.54) is 5.56 Å². The molecule has 0 unspecified atom stereocenters. The molecule has 1 saturated heterocycles. The molecule has 0 aliphatic carbocycles. The van der Waals surface area contributed by atoms with Crippen molar-refractivity contribution in [2.75, 3.05) is 37.7 Å². The van der Waals surface area contributed by atoms with Gasteiger partial charge in [-0.25, -0.2) is 4.98 Å². The Labute approximate surface area is 149 Å². The number of nitrogens with zero attached hydrogens (tertiary/aromatic N) is 2. The fourth-order valence-electron chi connectivity index (χ4n) is 3.32. The Morgan fingerprint density at radius 1 is 1.48 bits per heavy atom. The van der Waals surface area contributed by atoms with Crippen molar-refractivity contribution in [3.8, 4) is 0 Å². The number of H-pyrrole nitrogens is 1. The van der Waals surface area contributed by atoms with Crippen molar-refractivity contribution in [3.63, 3.8) is 0 Å². The van der Waals surface area contributed by atoms with Crippen molar-refractivity contribution in [1.29, 1.82) is 0 Å². The van der Waals surface area contributed by atoms with E-state index in [1.807, 2.05) is 13.0 Å². The lowest BCUT2D eigenvalue weighted by Gasteiger charge is -2.31. The molecule has 6 nitrogen and oxygen atoms in total. The number of hydrogen-bond acceptors (Lipinski definition) is 4. The Morgan fingerprint density at radius 2 is 2.36 bits per heavy atom. The molecule has 0 saturated carbocycles. The lowest BCUT2D eigenvalue weighted by molar-refractivity contribution is -0.125. The minimum atomic E-state index is 0.0239. The number of aromatic amines is 1. The number of aromatic nitrogens is 2. The molecule has 1 fully saturated rings. The van der Waals surface area contributed by atoms with Crippen LogP contribution in [0.5, 0.6) is 0 Å². The topological polar surface area (TPSA) is 70.2 Å². The second-order valence-electron chi connectivity index (χ2n) is 6.71. The molecule has 0 radical (unpaired) electrons. The van der Waals surface area contributed by atoms with E-state index < -0.39 is 0 Å². The third-order valence-corrected chi connectivity index (χ3v) is 4.69. The molecule has 1 aliphatic heterocycles. The van der Waals surface area contributed by atoms with Crippen LogP contribution in [0.4, 0.5) is 5.95 Å². The number of aryl methyl sites for hydroxylation is 1. The van der Waals surface area contributed by atoms with Crippen LogP contribution in [0.15, 0.2) is 18.2 Å². The van der Waals surface area contributed by atoms with E-state index in [0.29, 0.717) is 13.2 Å². The molecule has 1 amide bonds. The van der Waals surface area contributed by atoms with Gasteiger partial charge in [0, 0.05) is 32.8 Å². The quantitative estimate of drug-likeness (QED) is 0.758. The molecular weight excluding hydrogens is 316 g/mol. The van der Waals surface area contributed by atoms with E-state index in [-0.39, 0.29) is 11.8 Å². The highest BCUT2D eigenvalue weighted by Gasteiger charge is 2.27. The molecule has 3 rings (SSSR count). The van der Waals surface area contributed by atoms with Crippen LogP contribution >= 0.6 is 0 Å². The number of fused-ring (bicyclic) bond motifs is 1. The van der Waals surface area contributed by atoms with Crippen molar-refractivity contribution in [2.24, 2.45) is 5.92 Å². The average Bonchev–Trinajstić information content (AvgIpc) is 3.04. The van der Waals surface area contributed by atoms with Crippen molar-refractivity contribution in [2.45, 2.75) is 33.1 Å². The van der Waals surface area contributed by atoms with E-state index in [0.717, 1.165) is 55.9 Å². The average molecular weight is 344 g/mol. The standard InChI is InChI=1S/C19H28N4O2/c1-3-25-11-5-9-20-18(24)15-6-4-10-23(13-15)19-21-16-8-7-14(2)12-17(16)22-19/h7-8,12,15H,3-6,9-11,13H2,1-2H3,(H,20,24)(H,21,22)/t15-/m1/s1. The van der Waals surface area contributed by atoms with Crippen LogP contribution in [-0.4, -0.2) is 48.7 Å². The molecule has 0 bridgehead atoms. The van der Waals surface area contributed by atoms with Crippen molar-refractivity contribution >= 4 is 22.9 Å². The molecule has 25 heavy (non-hydrogen) atoms. The molecule has 2 aromatic rings. The number of benzene rings is 1. The second-order valence-corrected chi connectivity index (χ2v) is 6.71. The SMILES string of the molecule is CCOCCCNC(=O)[C@@H]1CCCN(c2nc3ccc(C)cc3[nH]2)C1. The molecule has 1 aliphatic rings. The van der Waals surface area contributed by atoms with Gasteiger partial charge in [-0.2, -0.15) is 0 Å². The summed E-state index contributed by atoms with van der Waals surface area (Å²) in [5, 5.41) is 3.04. The van der Waals surface area contributed by atoms with Crippen LogP contribution in [-0.2, 0) is 9.53 Å². The first-order chi connectivity index (χ1) is 12.2. The van der Waals surface area contributed by atoms with Crippen LogP contribution in [0.25, 0.3) is 11.0 Å². The summed E-state index contributed by atoms with van der Waals surface area (Å²) in [4.78, 5) is 22.7. The summed E-state index contributed by atoms with van der Waals surface area (Å²) in [5.41, 5.74) is 3.24. The van der Waals surface area contributed by atoms with E-state index in [9.17, 15) is 4.79 Å². The first-order valence-corrected chi connectivity index (χ1v) is 9.24. The van der Waals surface area contributed by atoms with E-state index in [2.05, 4.69) is 39.2 Å². The molecular formula is C19H28N4O2. The van der Waals surface area contributed by atoms with E-state index >= 15 is 0 Å². The van der Waals surface area contributed by atoms with Gasteiger partial charge in [0.25, 0.3) is 0 Å². The fourth-order valence-corrected chi connectivity index (χ4v) is 3.32. The maximum Gasteiger partial charge on any atom is 0.224 e. The largest absolute Gasteiger partial charge is 0.382 e. The summed E-state index contributed by atoms with van der Waals surface area (Å²) in [5.74, 6) is 1.04. The van der Waals surface area contributed by atoms with Crippen LogP contribution in [0.1, 0.15) is 31.7 Å². The smallest absolute Gasteiger partial charge is 0.224 e. The first-order valence-electron chi connectivity index (χ1n) is 9.24. The lowest BCUT2D eigenvalue weighted by Crippen LogP contribution is -2.43. The Hall–Kier alpha value is -2.08. The molecule has 2 heterocycles. The fraction of sp³-hybridized carbons (Fsp3) is 0.579. The van der Waals surface area contributed by atoms with Crippen LogP contribution in [0.3, 0.4) is 0 Å². The molecule has 1 atom stereocenters. The lowest BCUT2D eigenvalue weighted by atomic mass is 9.97. The van der Waals surface area contributed by atoms with Crippen molar-refractivity contribution < 1.29 is 9.53 Å². The zero-order valence-electron chi connectivity index (χ0n) is 15.2. The number of carbonyl (C=O) groups excluding carboxylic acids is 1. The zero-order chi connectivity index (χ0) is 17.6. The van der Waals surface area contributed by atoms with E-state index in [1.54, 1.807) is 0 Å². The molecule has 2 N–H and O–H groups in total. The van der Waals surface area contributed by atoms with Gasteiger partial charge in [0.15, 0.2) is 0 Å². The molecule has 1 aromatic heterocycles. The summed E-state index contributed by atoms with van der Waals surface area (Å²) in [6, 6.07) is 6.22. The van der Waals surface area contributed by atoms with Gasteiger partial charge in [-0.3, -0.25) is 4.79 Å². The van der Waals surface area contributed by atoms with Crippen molar-refractivity contribution in [1.82, 2.24) is 15.3 Å². The maximum absolute atomic E-state index is 12.4. The third kappa shape index (κ3) is 4.51. The Morgan fingerprint density at radius 3 is 3.20 bits per heavy atom. The summed E-state index contributed by atoms with van der Waals surface area (Å²) < 4.78 is 5.30. The highest BCUT2D eigenvalue weighted by molar-refractivity contribution is 5.80. The number of carbonyl (C=O) groups is 1. The number of hydrogen-bond donors (Lipinski definition) is 2. The van der Waals surface area contributed by atoms with Gasteiger partial charge in [0.2, 0.25) is 11.9 Å². The molecule has 1 aromatic carbocycles. The van der Waals surface area contributed by atoms with Crippen LogP contribution in [0.2, 0.25) is 0 Å². The Balaban J connectivity index is 1.57. The summed E-state index contributed by atoms with van der Waals surface area (Å²) in [7, 11) is 0. The Bertz CT molecular complexity index is 713. The summed E-state index contributed by atoms with van der Waals surface area (Å²) in [6.07, 6.45) is 2.80. The Kier molecular flexibility index (Phi) is 5.91. The number of anilines is 1. The molecule has 136 valence electrons. The number of amides is 1. The predicted molar refractivity (Wildman–Crippen MR) is 99.9 cm³/mol. The molecule has 6 heteroatoms. The van der Waals surface area contributed by atoms with Gasteiger partial charge in [-0.15, -0.1) is 0 Å². The van der Waals surface area contributed by atoms with Gasteiger partial charge < -0.3 is 19.9 Å². The summed E-state index contributed by atoms with van der Waals surface area (Å²) >= 11 is 0. The zero-order valence-corrected chi connectivity index (χ0v) is 15.2. The summed E-state index contributed by atoms with van der Waals surface area (Å²) in [6.45, 7) is 7.82. The maximum atomic E-state index is 12.4. The highest BCUT2D eigenvalue weighted by Crippen LogP contribution is 2.24. The van der Waals surface area contributed by atoms with Crippen LogP contribution < -0.4 is 10.2 Å². The monoisotopic (exact) mass is 344 g/mol. The second kappa shape index (κ2) is 8.34. The normalized spacial score (nSPS) is 17.8. The number of piperidine rings is 1. The minimum absolute atomic E-state index is 0.0239. The highest BCUT2D eigenvalue weighted by atomic mass is 16.5. The van der Waals surface area contributed by atoms with Crippen molar-refractivity contribution in [3.05, 3.63) is 23.8 Å². The number of nitrogens with one attached hydrogen (secondary N) is 2. The predicted octanol–water partition coefficient (Wildman–Crippen LogP) is 2.63. The van der Waals surface area contributed by atoms with E-state index in [4.69, 9.17) is 4.74 Å². The van der Waals surface area contributed by atoms with Crippen LogP contribution in [0, 0.1) is 12.8 Å². The van der Waals surface area contributed by atoms with Gasteiger partial charge in [0.1, 0.15) is 0 Å². The van der Waals surface area contributed by atoms with Gasteiger partial charge >= 0.3 is 0 Å². The third-order valence-electron chi connectivity index (χ3n) is 4.69. The van der Waals surface area contributed by atoms with Gasteiger partial charge in [-0.1, -0.05) is 6.07 Å². The number of imidazole rings is 1. The van der Waals surface area contributed by atoms with Gasteiger partial charge in [0.05, 0.1) is 17.0 Å². The minimum Gasteiger partial charge on any atom is -0.382 e. The van der Waals surface area contributed by atoms with Gasteiger partial charge in [-0.05, 0) is 50.8 Å². The number of ether oxygens (including phenoxy) is 1. The number of rotatable bonds is 7. The molecule has 0 spiro atoms.